The van der Waals surface area contributed by atoms with E-state index >= 15 is 9.59 Å². The highest BCUT2D eigenvalue weighted by Crippen LogP contribution is 2.32. The van der Waals surface area contributed by atoms with E-state index in [9.17, 15) is 95.1 Å². The third-order valence-corrected chi connectivity index (χ3v) is 16.6. The molecule has 25 atom stereocenters. The molecule has 2 aromatic carbocycles. The van der Waals surface area contributed by atoms with Gasteiger partial charge in [0.15, 0.2) is 24.4 Å². The summed E-state index contributed by atoms with van der Waals surface area (Å²) in [5.41, 5.74) is 12.5. The van der Waals surface area contributed by atoms with Crippen molar-refractivity contribution in [3.63, 3.8) is 0 Å². The smallest absolute Gasteiger partial charge is 0.246 e. The molecule has 92 heavy (non-hydrogen) atoms. The molecule has 6 amide bonds. The van der Waals surface area contributed by atoms with Gasteiger partial charge in [0.1, 0.15) is 127 Å². The van der Waals surface area contributed by atoms with Gasteiger partial charge in [0.2, 0.25) is 41.7 Å². The molecule has 0 aliphatic carbocycles. The SMILES string of the molecule is CC(c1ccc(F)cc1)[C@@H]1NC(=O)CNC(=O)[C@H](CO)NC(=O)[C@@H](C(O)C2CN=C(N)N2[C@H]2O[C@H](CO)[C@@H](O)[C@H](O)[C@@H]2O)NC(=O)[C@H](C(O)C2CN=C(N)N2)NC(=O)[C@@H](Cc2ccc(O[C@H]3O[C@H](CO)[C@@H](O[C@H]4O[C@H](CO)[C@@H](O)[C@H](O)[C@@H]4O)[C@H](O)[C@@H]3O)cc2)NC1=O. The normalized spacial score (nSPS) is 37.3. The van der Waals surface area contributed by atoms with E-state index in [1.54, 1.807) is 0 Å². The number of amides is 6. The van der Waals surface area contributed by atoms with Gasteiger partial charge in [0.25, 0.3) is 0 Å². The summed E-state index contributed by atoms with van der Waals surface area (Å²) in [4.78, 5) is 96.0. The van der Waals surface area contributed by atoms with Crippen LogP contribution >= 0.6 is 0 Å². The van der Waals surface area contributed by atoms with Crippen molar-refractivity contribution >= 4 is 47.4 Å². The Hall–Kier alpha value is -7.19. The molecule has 510 valence electrons. The van der Waals surface area contributed by atoms with Gasteiger partial charge < -0.3 is 149 Å². The highest BCUT2D eigenvalue weighted by molar-refractivity contribution is 5.98. The van der Waals surface area contributed by atoms with Crippen molar-refractivity contribution in [2.45, 2.75) is 166 Å². The van der Waals surface area contributed by atoms with Crippen molar-refractivity contribution in [3.05, 3.63) is 65.5 Å². The Balaban J connectivity index is 1.11. The number of aliphatic hydroxyl groups is 14. The molecule has 0 radical (unpaired) electrons. The van der Waals surface area contributed by atoms with Gasteiger partial charge in [-0.2, -0.15) is 0 Å². The molecule has 6 aliphatic rings. The first kappa shape index (κ1) is 70.7. The van der Waals surface area contributed by atoms with Crippen LogP contribution in [0.2, 0.25) is 0 Å². The zero-order valence-electron chi connectivity index (χ0n) is 48.8. The molecule has 37 nitrogen and oxygen atoms in total. The van der Waals surface area contributed by atoms with Crippen molar-refractivity contribution < 1.29 is 128 Å². The van der Waals surface area contributed by atoms with Crippen LogP contribution in [-0.2, 0) is 54.1 Å². The number of nitrogens with one attached hydrogen (secondary N) is 7. The predicted molar refractivity (Wildman–Crippen MR) is 303 cm³/mol. The van der Waals surface area contributed by atoms with Gasteiger partial charge in [-0.25, -0.2) is 4.39 Å². The third-order valence-electron chi connectivity index (χ3n) is 16.6. The van der Waals surface area contributed by atoms with E-state index in [-0.39, 0.29) is 29.4 Å². The number of guanidine groups is 2. The molecule has 2 aromatic rings. The van der Waals surface area contributed by atoms with Gasteiger partial charge >= 0.3 is 0 Å². The topological polar surface area (TPSA) is 596 Å². The maximum atomic E-state index is 15.1. The van der Waals surface area contributed by atoms with Gasteiger partial charge in [-0.15, -0.1) is 0 Å². The largest absolute Gasteiger partial charge is 0.462 e. The second-order valence-corrected chi connectivity index (χ2v) is 22.7. The number of nitrogens with zero attached hydrogens (tertiary/aromatic N) is 3. The van der Waals surface area contributed by atoms with Crippen molar-refractivity contribution in [2.24, 2.45) is 21.5 Å². The first-order valence-corrected chi connectivity index (χ1v) is 29.0. The van der Waals surface area contributed by atoms with E-state index in [4.69, 9.17) is 35.2 Å². The summed E-state index contributed by atoms with van der Waals surface area (Å²) in [6.45, 7) is -4.26. The number of ether oxygens (including phenoxy) is 5. The number of rotatable bonds is 17. The summed E-state index contributed by atoms with van der Waals surface area (Å²) in [6, 6.07) is -3.18. The van der Waals surface area contributed by atoms with E-state index in [2.05, 4.69) is 47.2 Å². The fourth-order valence-electron chi connectivity index (χ4n) is 11.2. The number of benzene rings is 2. The Kier molecular flexibility index (Phi) is 23.6. The minimum absolute atomic E-state index is 0.101. The lowest BCUT2D eigenvalue weighted by Gasteiger charge is -2.46. The van der Waals surface area contributed by atoms with Gasteiger partial charge in [-0.3, -0.25) is 38.8 Å². The van der Waals surface area contributed by atoms with Crippen LogP contribution in [0.3, 0.4) is 0 Å². The van der Waals surface area contributed by atoms with Crippen molar-refractivity contribution in [1.82, 2.24) is 42.1 Å². The number of aliphatic hydroxyl groups excluding tert-OH is 14. The Morgan fingerprint density at radius 3 is 1.77 bits per heavy atom. The highest BCUT2D eigenvalue weighted by Gasteiger charge is 2.54. The van der Waals surface area contributed by atoms with Crippen LogP contribution < -0.4 is 53.4 Å². The summed E-state index contributed by atoms with van der Waals surface area (Å²) in [5, 5.41) is 167. The average Bonchev–Trinajstić information content (AvgIpc) is 1.45. The zero-order valence-corrected chi connectivity index (χ0v) is 48.8. The van der Waals surface area contributed by atoms with E-state index < -0.39 is 246 Å². The minimum atomic E-state index is -2.37. The fourth-order valence-corrected chi connectivity index (χ4v) is 11.2. The molecule has 5 unspecified atom stereocenters. The predicted octanol–water partition coefficient (Wildman–Crippen LogP) is -13.5. The summed E-state index contributed by atoms with van der Waals surface area (Å²) in [7, 11) is 0. The Bertz CT molecular complexity index is 2960. The fraction of sp³-hybridized carbons (Fsp3) is 0.630. The second-order valence-electron chi connectivity index (χ2n) is 22.7. The van der Waals surface area contributed by atoms with Crippen molar-refractivity contribution in [3.8, 4) is 5.75 Å². The van der Waals surface area contributed by atoms with Crippen molar-refractivity contribution in [2.75, 3.05) is 46.1 Å². The van der Waals surface area contributed by atoms with E-state index in [1.807, 2.05) is 0 Å². The number of carbonyl (C=O) groups excluding carboxylic acids is 6. The van der Waals surface area contributed by atoms with E-state index in [0.29, 0.717) is 0 Å². The average molecular weight is 1310 g/mol. The molecule has 0 saturated carbocycles. The highest BCUT2D eigenvalue weighted by atomic mass is 19.1. The second kappa shape index (κ2) is 30.7. The van der Waals surface area contributed by atoms with Crippen LogP contribution in [0.4, 0.5) is 4.39 Å². The first-order chi connectivity index (χ1) is 43.7. The van der Waals surface area contributed by atoms with Gasteiger partial charge in [0.05, 0.1) is 58.1 Å². The van der Waals surface area contributed by atoms with Crippen LogP contribution in [0.5, 0.6) is 5.75 Å². The van der Waals surface area contributed by atoms with Crippen molar-refractivity contribution in [1.29, 1.82) is 0 Å². The van der Waals surface area contributed by atoms with Crippen LogP contribution in [0.1, 0.15) is 24.0 Å². The Morgan fingerprint density at radius 2 is 1.15 bits per heavy atom. The zero-order chi connectivity index (χ0) is 67.2. The molecule has 4 saturated heterocycles. The maximum Gasteiger partial charge on any atom is 0.246 e. The summed E-state index contributed by atoms with van der Waals surface area (Å²) in [5.74, 6) is -10.2. The summed E-state index contributed by atoms with van der Waals surface area (Å²) < 4.78 is 42.5. The third kappa shape index (κ3) is 15.7. The number of nitrogens with two attached hydrogens (primary N) is 2. The monoisotopic (exact) mass is 1310 g/mol. The molecule has 6 heterocycles. The van der Waals surface area contributed by atoms with E-state index in [1.165, 1.54) is 43.3 Å². The van der Waals surface area contributed by atoms with Crippen LogP contribution in [0.15, 0.2) is 58.5 Å². The molecule has 0 spiro atoms. The van der Waals surface area contributed by atoms with Crippen LogP contribution in [-0.4, -0.2) is 316 Å². The molecule has 0 bridgehead atoms. The minimum Gasteiger partial charge on any atom is -0.462 e. The lowest BCUT2D eigenvalue weighted by Crippen LogP contribution is -2.70. The Labute approximate surface area is 521 Å². The van der Waals surface area contributed by atoms with Gasteiger partial charge in [0, 0.05) is 12.3 Å². The van der Waals surface area contributed by atoms with Gasteiger partial charge in [-0.05, 0) is 35.4 Å². The number of halogens is 1. The number of hydrogen-bond donors (Lipinski definition) is 23. The molecule has 6 aliphatic heterocycles. The molecule has 8 rings (SSSR count). The standard InChI is InChI=1S/C54H77FN12O25/c1-18(20-4-6-21(55)7-5-20)31-47(85)61-23(10-19-2-8-22(9-3-19)88-51-43(82)40(79)44(29(17-71)91-51)92-52-42(81)39(78)37(76)28(16-70)90-52)46(84)65-32(34(73)24-11-59-53(56)63-24)49(87)66-33(48(86)62-25(14-68)45(83)58-13-30(72)64-31)35(74)26-12-60-54(57)67(26)50-41(80)38(77)36(75)27(15-69)89-50/h2-9,18,23-29,31-44,50-52,68-71,73-82H,10-17H2,1H3,(H2,57,60)(H,58,83)(H,61,85)(H,62,86)(H,64,72)(H,65,84)(H,66,87)(H3,56,59,63)/t18?,23-,24?,25+,26?,27-,28-,29-,31+,32+,33-,34?,35?,36-,37-,38+,39+,40-,41+,42+,43+,44-,50+,51+,52-/m1/s1. The first-order valence-electron chi connectivity index (χ1n) is 29.0. The number of hydrogen-bond acceptors (Lipinski definition) is 31. The molecule has 38 heteroatoms. The van der Waals surface area contributed by atoms with Crippen LogP contribution in [0.25, 0.3) is 0 Å². The quantitative estimate of drug-likeness (QED) is 0.0699. The molecule has 25 N–H and O–H groups in total. The maximum absolute atomic E-state index is 15.1. The molecule has 0 aromatic heterocycles. The van der Waals surface area contributed by atoms with Crippen LogP contribution in [0, 0.1) is 5.82 Å². The molecular weight excluding hydrogens is 1240 g/mol. The molecular formula is C54H77FN12O25. The van der Waals surface area contributed by atoms with Gasteiger partial charge in [-0.1, -0.05) is 31.2 Å². The lowest BCUT2D eigenvalue weighted by atomic mass is 9.92. The summed E-state index contributed by atoms with van der Waals surface area (Å²) >= 11 is 0. The molecule has 4 fully saturated rings. The van der Waals surface area contributed by atoms with E-state index in [0.717, 1.165) is 17.0 Å². The number of carbonyl (C=O) groups is 6. The summed E-state index contributed by atoms with van der Waals surface area (Å²) in [6.07, 6.45) is -32.0. The number of aliphatic imine (C=N–C) groups is 2. The Morgan fingerprint density at radius 1 is 0.587 bits per heavy atom. The lowest BCUT2D eigenvalue weighted by molar-refractivity contribution is -0.352.